The van der Waals surface area contributed by atoms with E-state index in [1.807, 2.05) is 18.6 Å². The molecule has 0 atom stereocenters. The third kappa shape index (κ3) is 7.85. The number of pyridine rings is 1. The van der Waals surface area contributed by atoms with Crippen molar-refractivity contribution in [3.8, 4) is 22.6 Å². The van der Waals surface area contributed by atoms with Gasteiger partial charge >= 0.3 is 0 Å². The van der Waals surface area contributed by atoms with Crippen molar-refractivity contribution in [1.29, 1.82) is 0 Å². The monoisotopic (exact) mass is 429 g/mol. The van der Waals surface area contributed by atoms with Crippen LogP contribution in [0.1, 0.15) is 89.2 Å². The molecule has 3 rings (SSSR count). The number of unbranched alkanes of at least 4 members (excludes halogenated alkanes) is 8. The Morgan fingerprint density at radius 1 is 0.562 bits per heavy atom. The molecule has 0 aliphatic heterocycles. The molecule has 0 spiro atoms. The van der Waals surface area contributed by atoms with Crippen LogP contribution in [0.5, 0.6) is 0 Å². The Morgan fingerprint density at radius 2 is 1.22 bits per heavy atom. The first kappa shape index (κ1) is 24.1. The van der Waals surface area contributed by atoms with E-state index in [1.165, 1.54) is 80.9 Å². The van der Waals surface area contributed by atoms with Crippen molar-refractivity contribution in [3.05, 3.63) is 66.1 Å². The molecule has 32 heavy (non-hydrogen) atoms. The molecule has 0 fully saturated rings. The Hall–Kier alpha value is -2.55. The molecule has 0 bridgehead atoms. The highest BCUT2D eigenvalue weighted by Gasteiger charge is 2.06. The molecule has 1 aromatic carbocycles. The minimum Gasteiger partial charge on any atom is -0.255 e. The predicted molar refractivity (Wildman–Crippen MR) is 136 cm³/mol. The largest absolute Gasteiger partial charge is 0.255 e. The molecule has 0 saturated heterocycles. The lowest BCUT2D eigenvalue weighted by Crippen LogP contribution is -1.94. The van der Waals surface area contributed by atoms with Gasteiger partial charge in [-0.1, -0.05) is 83.4 Å². The third-order valence-corrected chi connectivity index (χ3v) is 6.09. The Bertz CT molecular complexity index is 900. The minimum atomic E-state index is 0.750. The van der Waals surface area contributed by atoms with Crippen LogP contribution in [0.2, 0.25) is 0 Å². The topological polar surface area (TPSA) is 38.7 Å². The standard InChI is InChI=1S/C29H39N3/c1-3-5-7-9-11-14-24-16-13-17-26(20-24)28-19-18-27(23-30-28)29-31-21-25(22-32-29)15-12-10-8-6-4-2/h13,16-23H,3-12,14-15H2,1-2H3. The maximum absolute atomic E-state index is 4.71. The van der Waals surface area contributed by atoms with Crippen LogP contribution in [0.15, 0.2) is 55.0 Å². The average molecular weight is 430 g/mol. The van der Waals surface area contributed by atoms with E-state index in [4.69, 9.17) is 4.98 Å². The normalized spacial score (nSPS) is 11.1. The lowest BCUT2D eigenvalue weighted by molar-refractivity contribution is 0.631. The quantitative estimate of drug-likeness (QED) is 0.242. The summed E-state index contributed by atoms with van der Waals surface area (Å²) in [5, 5.41) is 0. The molecule has 0 amide bonds. The molecular weight excluding hydrogens is 390 g/mol. The van der Waals surface area contributed by atoms with Gasteiger partial charge in [0, 0.05) is 29.7 Å². The van der Waals surface area contributed by atoms with E-state index in [-0.39, 0.29) is 0 Å². The summed E-state index contributed by atoms with van der Waals surface area (Å²) in [6.07, 6.45) is 21.1. The van der Waals surface area contributed by atoms with Crippen molar-refractivity contribution in [2.45, 2.75) is 90.9 Å². The number of aryl methyl sites for hydroxylation is 2. The molecule has 3 aromatic rings. The van der Waals surface area contributed by atoms with Crippen LogP contribution in [-0.4, -0.2) is 15.0 Å². The van der Waals surface area contributed by atoms with Crippen molar-refractivity contribution in [2.75, 3.05) is 0 Å². The Balaban J connectivity index is 1.55. The van der Waals surface area contributed by atoms with Gasteiger partial charge in [0.25, 0.3) is 0 Å². The molecule has 0 aliphatic rings. The molecule has 0 unspecified atom stereocenters. The number of nitrogens with zero attached hydrogens (tertiary/aromatic N) is 3. The van der Waals surface area contributed by atoms with Gasteiger partial charge in [0.15, 0.2) is 5.82 Å². The summed E-state index contributed by atoms with van der Waals surface area (Å²) in [4.78, 5) is 13.9. The van der Waals surface area contributed by atoms with E-state index >= 15 is 0 Å². The number of hydrogen-bond donors (Lipinski definition) is 0. The fourth-order valence-corrected chi connectivity index (χ4v) is 4.08. The smallest absolute Gasteiger partial charge is 0.160 e. The van der Waals surface area contributed by atoms with Crippen LogP contribution < -0.4 is 0 Å². The van der Waals surface area contributed by atoms with Crippen molar-refractivity contribution < 1.29 is 0 Å². The second-order valence-corrected chi connectivity index (χ2v) is 8.88. The van der Waals surface area contributed by atoms with Gasteiger partial charge in [0.1, 0.15) is 0 Å². The Morgan fingerprint density at radius 3 is 1.84 bits per heavy atom. The van der Waals surface area contributed by atoms with Gasteiger partial charge in [-0.3, -0.25) is 4.98 Å². The van der Waals surface area contributed by atoms with Gasteiger partial charge in [0.2, 0.25) is 0 Å². The summed E-state index contributed by atoms with van der Waals surface area (Å²) >= 11 is 0. The van der Waals surface area contributed by atoms with Crippen molar-refractivity contribution >= 4 is 0 Å². The molecule has 0 aliphatic carbocycles. The van der Waals surface area contributed by atoms with Gasteiger partial charge in [0.05, 0.1) is 5.69 Å². The fraction of sp³-hybridized carbons (Fsp3) is 0.483. The number of hydrogen-bond acceptors (Lipinski definition) is 3. The summed E-state index contributed by atoms with van der Waals surface area (Å²) in [5.41, 5.74) is 5.78. The zero-order chi connectivity index (χ0) is 22.4. The van der Waals surface area contributed by atoms with Crippen LogP contribution in [-0.2, 0) is 12.8 Å². The highest BCUT2D eigenvalue weighted by atomic mass is 14.9. The summed E-state index contributed by atoms with van der Waals surface area (Å²) in [7, 11) is 0. The SMILES string of the molecule is CCCCCCCc1cnc(-c2ccc(-c3cccc(CCCCCCC)c3)nc2)nc1. The Labute approximate surface area is 194 Å². The van der Waals surface area contributed by atoms with Crippen LogP contribution >= 0.6 is 0 Å². The zero-order valence-corrected chi connectivity index (χ0v) is 20.0. The second kappa shape index (κ2) is 13.8. The molecular formula is C29H39N3. The molecule has 0 radical (unpaired) electrons. The van der Waals surface area contributed by atoms with Crippen LogP contribution in [0.4, 0.5) is 0 Å². The van der Waals surface area contributed by atoms with E-state index in [2.05, 4.69) is 60.2 Å². The highest BCUT2D eigenvalue weighted by Crippen LogP contribution is 2.22. The van der Waals surface area contributed by atoms with E-state index in [0.717, 1.165) is 29.9 Å². The predicted octanol–water partition coefficient (Wildman–Crippen LogP) is 8.23. The Kier molecular flexibility index (Phi) is 10.4. The molecule has 0 N–H and O–H groups in total. The molecule has 3 nitrogen and oxygen atoms in total. The van der Waals surface area contributed by atoms with Crippen molar-refractivity contribution in [1.82, 2.24) is 15.0 Å². The lowest BCUT2D eigenvalue weighted by Gasteiger charge is -2.07. The van der Waals surface area contributed by atoms with E-state index < -0.39 is 0 Å². The number of aromatic nitrogens is 3. The maximum atomic E-state index is 4.71. The van der Waals surface area contributed by atoms with E-state index in [9.17, 15) is 0 Å². The first-order valence-electron chi connectivity index (χ1n) is 12.7. The second-order valence-electron chi connectivity index (χ2n) is 8.88. The molecule has 0 saturated carbocycles. The summed E-state index contributed by atoms with van der Waals surface area (Å²) < 4.78 is 0. The average Bonchev–Trinajstić information content (AvgIpc) is 2.84. The van der Waals surface area contributed by atoms with Gasteiger partial charge < -0.3 is 0 Å². The van der Waals surface area contributed by atoms with Crippen LogP contribution in [0.25, 0.3) is 22.6 Å². The van der Waals surface area contributed by atoms with Gasteiger partial charge in [-0.05, 0) is 55.0 Å². The van der Waals surface area contributed by atoms with Crippen molar-refractivity contribution in [2.24, 2.45) is 0 Å². The fourth-order valence-electron chi connectivity index (χ4n) is 4.08. The highest BCUT2D eigenvalue weighted by molar-refractivity contribution is 5.63. The molecule has 3 heteroatoms. The third-order valence-electron chi connectivity index (χ3n) is 6.09. The number of rotatable bonds is 14. The zero-order valence-electron chi connectivity index (χ0n) is 20.0. The lowest BCUT2D eigenvalue weighted by atomic mass is 10.0. The summed E-state index contributed by atoms with van der Waals surface area (Å²) in [6, 6.07) is 13.0. The first-order chi connectivity index (χ1) is 15.8. The molecule has 2 aromatic heterocycles. The summed E-state index contributed by atoms with van der Waals surface area (Å²) in [6.45, 7) is 4.51. The summed E-state index contributed by atoms with van der Waals surface area (Å²) in [5.74, 6) is 0.750. The number of benzene rings is 1. The van der Waals surface area contributed by atoms with E-state index in [1.54, 1.807) is 0 Å². The van der Waals surface area contributed by atoms with Crippen molar-refractivity contribution in [3.63, 3.8) is 0 Å². The van der Waals surface area contributed by atoms with Crippen LogP contribution in [0, 0.1) is 0 Å². The van der Waals surface area contributed by atoms with Gasteiger partial charge in [-0.25, -0.2) is 9.97 Å². The molecule has 2 heterocycles. The van der Waals surface area contributed by atoms with Crippen LogP contribution in [0.3, 0.4) is 0 Å². The van der Waals surface area contributed by atoms with Gasteiger partial charge in [-0.15, -0.1) is 0 Å². The molecule has 170 valence electrons. The minimum absolute atomic E-state index is 0.750. The van der Waals surface area contributed by atoms with Gasteiger partial charge in [-0.2, -0.15) is 0 Å². The maximum Gasteiger partial charge on any atom is 0.160 e. The first-order valence-corrected chi connectivity index (χ1v) is 12.7. The van der Waals surface area contributed by atoms with E-state index in [0.29, 0.717) is 0 Å².